The van der Waals surface area contributed by atoms with Crippen LogP contribution in [-0.4, -0.2) is 97.7 Å². The van der Waals surface area contributed by atoms with Crippen molar-refractivity contribution in [2.45, 2.75) is 43.5 Å². The van der Waals surface area contributed by atoms with Crippen LogP contribution in [0.5, 0.6) is 0 Å². The number of fused-ring (bicyclic) bond motifs is 1. The fraction of sp³-hybridized carbons (Fsp3) is 0.500. The summed E-state index contributed by atoms with van der Waals surface area (Å²) in [5.74, 6) is -0.808. The number of ether oxygens (including phenoxy) is 2. The molecule has 0 spiro atoms. The number of nitrogens with zero attached hydrogens (tertiary/aromatic N) is 5. The number of likely N-dealkylation sites (N-methyl/N-ethyl adjacent to an activating group) is 1. The van der Waals surface area contributed by atoms with Gasteiger partial charge in [0.15, 0.2) is 0 Å². The normalized spacial score (nSPS) is 18.4. The number of amides is 1. The number of aromatic nitrogens is 2. The van der Waals surface area contributed by atoms with Crippen molar-refractivity contribution in [2.24, 2.45) is 0 Å². The number of hydrogen-bond acceptors (Lipinski definition) is 7. The van der Waals surface area contributed by atoms with E-state index >= 15 is 4.39 Å². The highest BCUT2D eigenvalue weighted by Crippen LogP contribution is 2.31. The summed E-state index contributed by atoms with van der Waals surface area (Å²) in [5, 5.41) is 18.1. The largest absolute Gasteiger partial charge is 0.378 e. The molecule has 0 unspecified atom stereocenters. The Balaban J connectivity index is 1.28. The number of piperidine rings is 1. The van der Waals surface area contributed by atoms with Crippen molar-refractivity contribution in [1.82, 2.24) is 24.9 Å². The van der Waals surface area contributed by atoms with Gasteiger partial charge in [0.2, 0.25) is 0 Å². The lowest BCUT2D eigenvalue weighted by Crippen LogP contribution is -2.51. The number of rotatable bonds is 10. The lowest BCUT2D eigenvalue weighted by molar-refractivity contribution is -0.132. The Kier molecular flexibility index (Phi) is 8.76. The highest BCUT2D eigenvalue weighted by Gasteiger charge is 2.31. The number of halogens is 1. The van der Waals surface area contributed by atoms with E-state index in [1.165, 1.54) is 13.2 Å². The molecule has 2 aromatic carbocycles. The summed E-state index contributed by atoms with van der Waals surface area (Å²) in [6.45, 7) is 4.13. The molecular weight excluding hydrogens is 511 g/mol. The van der Waals surface area contributed by atoms with Gasteiger partial charge in [0.05, 0.1) is 43.1 Å². The molecule has 0 aliphatic carbocycles. The number of nitrogens with one attached hydrogen (secondary N) is 1. The van der Waals surface area contributed by atoms with Crippen molar-refractivity contribution < 1.29 is 18.7 Å². The smallest absolute Gasteiger partial charge is 0.251 e. The van der Waals surface area contributed by atoms with Crippen LogP contribution in [-0.2, 0) is 20.7 Å². The zero-order valence-corrected chi connectivity index (χ0v) is 23.3. The Morgan fingerprint density at radius 1 is 1.20 bits per heavy atom. The third-order valence-corrected chi connectivity index (χ3v) is 7.97. The maximum atomic E-state index is 15.2. The quantitative estimate of drug-likeness (QED) is 0.416. The van der Waals surface area contributed by atoms with E-state index in [9.17, 15) is 10.1 Å². The monoisotopic (exact) mass is 548 g/mol. The van der Waals surface area contributed by atoms with Gasteiger partial charge in [0, 0.05) is 38.6 Å². The molecule has 5 rings (SSSR count). The SMILES string of the molecule is CO[C@@H](CN(C)C)C(=O)N[C@H](C#N)Cc1ccc(-c2ccc3cnn(C4CCN(C5COC5)CC4)c3c2)cc1F. The summed E-state index contributed by atoms with van der Waals surface area (Å²) in [5.41, 5.74) is 3.07. The molecule has 3 heterocycles. The highest BCUT2D eigenvalue weighted by atomic mass is 19.1. The summed E-state index contributed by atoms with van der Waals surface area (Å²) >= 11 is 0. The van der Waals surface area contributed by atoms with Gasteiger partial charge < -0.3 is 19.7 Å². The lowest BCUT2D eigenvalue weighted by atomic mass is 9.99. The van der Waals surface area contributed by atoms with Gasteiger partial charge in [-0.05, 0) is 55.8 Å². The van der Waals surface area contributed by atoms with Crippen LogP contribution in [0.25, 0.3) is 22.0 Å². The van der Waals surface area contributed by atoms with Crippen LogP contribution in [0.4, 0.5) is 4.39 Å². The van der Waals surface area contributed by atoms with Crippen LogP contribution in [0.2, 0.25) is 0 Å². The average molecular weight is 549 g/mol. The van der Waals surface area contributed by atoms with Gasteiger partial charge in [0.25, 0.3) is 5.91 Å². The third kappa shape index (κ3) is 6.18. The molecule has 0 radical (unpaired) electrons. The van der Waals surface area contributed by atoms with E-state index in [0.717, 1.165) is 61.2 Å². The first-order valence-electron chi connectivity index (χ1n) is 13.8. The molecule has 2 aliphatic rings. The summed E-state index contributed by atoms with van der Waals surface area (Å²) in [6, 6.07) is 13.2. The van der Waals surface area contributed by atoms with E-state index in [1.54, 1.807) is 6.07 Å². The maximum Gasteiger partial charge on any atom is 0.251 e. The van der Waals surface area contributed by atoms with Gasteiger partial charge in [-0.2, -0.15) is 10.4 Å². The molecule has 2 fully saturated rings. The second-order valence-electron chi connectivity index (χ2n) is 11.0. The van der Waals surface area contributed by atoms with Crippen LogP contribution in [0, 0.1) is 17.1 Å². The molecule has 10 heteroatoms. The van der Waals surface area contributed by atoms with E-state index in [-0.39, 0.29) is 6.42 Å². The van der Waals surface area contributed by atoms with E-state index < -0.39 is 23.9 Å². The fourth-order valence-corrected chi connectivity index (χ4v) is 5.54. The van der Waals surface area contributed by atoms with Crippen molar-refractivity contribution in [3.8, 4) is 17.2 Å². The zero-order valence-electron chi connectivity index (χ0n) is 23.3. The van der Waals surface area contributed by atoms with Gasteiger partial charge in [-0.1, -0.05) is 24.3 Å². The van der Waals surface area contributed by atoms with Crippen LogP contribution in [0.1, 0.15) is 24.4 Å². The van der Waals surface area contributed by atoms with Gasteiger partial charge in [0.1, 0.15) is 18.0 Å². The number of likely N-dealkylation sites (tertiary alicyclic amines) is 1. The van der Waals surface area contributed by atoms with Crippen molar-refractivity contribution in [1.29, 1.82) is 5.26 Å². The van der Waals surface area contributed by atoms with Crippen LogP contribution in [0.15, 0.2) is 42.6 Å². The van der Waals surface area contributed by atoms with E-state index in [1.807, 2.05) is 43.4 Å². The minimum absolute atomic E-state index is 0.0598. The minimum atomic E-state index is -0.874. The summed E-state index contributed by atoms with van der Waals surface area (Å²) < 4.78 is 28.0. The predicted octanol–water partition coefficient (Wildman–Crippen LogP) is 3.01. The van der Waals surface area contributed by atoms with Gasteiger partial charge in [-0.25, -0.2) is 4.39 Å². The van der Waals surface area contributed by atoms with E-state index in [4.69, 9.17) is 14.6 Å². The molecule has 2 saturated heterocycles. The number of nitriles is 1. The van der Waals surface area contributed by atoms with Crippen molar-refractivity contribution in [3.63, 3.8) is 0 Å². The minimum Gasteiger partial charge on any atom is -0.378 e. The summed E-state index contributed by atoms with van der Waals surface area (Å²) in [7, 11) is 5.12. The Morgan fingerprint density at radius 2 is 1.93 bits per heavy atom. The van der Waals surface area contributed by atoms with Crippen LogP contribution in [0.3, 0.4) is 0 Å². The molecule has 3 aromatic rings. The molecule has 1 amide bonds. The van der Waals surface area contributed by atoms with Crippen molar-refractivity contribution >= 4 is 16.8 Å². The molecule has 212 valence electrons. The lowest BCUT2D eigenvalue weighted by Gasteiger charge is -2.41. The topological polar surface area (TPSA) is 95.7 Å². The zero-order chi connectivity index (χ0) is 28.2. The number of benzene rings is 2. The number of carbonyl (C=O) groups is 1. The molecule has 0 bridgehead atoms. The van der Waals surface area contributed by atoms with Gasteiger partial charge in [-0.15, -0.1) is 0 Å². The Morgan fingerprint density at radius 3 is 2.55 bits per heavy atom. The molecular formula is C30H37FN6O3. The first-order chi connectivity index (χ1) is 19.4. The first kappa shape index (κ1) is 28.2. The van der Waals surface area contributed by atoms with Crippen molar-refractivity contribution in [3.05, 3.63) is 54.0 Å². The van der Waals surface area contributed by atoms with Crippen LogP contribution < -0.4 is 5.32 Å². The molecule has 2 atom stereocenters. The second-order valence-corrected chi connectivity index (χ2v) is 11.0. The maximum absolute atomic E-state index is 15.2. The van der Waals surface area contributed by atoms with Crippen molar-refractivity contribution in [2.75, 3.05) is 54.1 Å². The molecule has 40 heavy (non-hydrogen) atoms. The first-order valence-corrected chi connectivity index (χ1v) is 13.8. The number of carbonyl (C=O) groups excluding carboxylic acids is 1. The van der Waals surface area contributed by atoms with E-state index in [0.29, 0.717) is 24.2 Å². The molecule has 9 nitrogen and oxygen atoms in total. The standard InChI is InChI=1S/C30H37FN6O3/c1-35(2)17-29(39-3)30(38)34-24(15-32)12-22-6-4-20(13-27(22)31)21-5-7-23-16-33-37(28(23)14-21)25-8-10-36(11-9-25)26-18-40-19-26/h4-7,13-14,16,24-26,29H,8-12,17-19H2,1-3H3,(H,34,38)/t24-,29-/m0/s1. The summed E-state index contributed by atoms with van der Waals surface area (Å²) in [6.07, 6.45) is 3.32. The highest BCUT2D eigenvalue weighted by molar-refractivity contribution is 5.84. The van der Waals surface area contributed by atoms with Crippen LogP contribution >= 0.6 is 0 Å². The average Bonchev–Trinajstić information content (AvgIpc) is 3.35. The number of hydrogen-bond donors (Lipinski definition) is 1. The molecule has 0 saturated carbocycles. The molecule has 2 aliphatic heterocycles. The predicted molar refractivity (Wildman–Crippen MR) is 150 cm³/mol. The Bertz CT molecular complexity index is 1370. The molecule has 1 aromatic heterocycles. The Hall–Kier alpha value is -3.36. The summed E-state index contributed by atoms with van der Waals surface area (Å²) in [4.78, 5) is 16.9. The van der Waals surface area contributed by atoms with E-state index in [2.05, 4.69) is 27.0 Å². The fourth-order valence-electron chi connectivity index (χ4n) is 5.54. The Labute approximate surface area is 234 Å². The number of methoxy groups -OCH3 is 1. The van der Waals surface area contributed by atoms with Gasteiger partial charge in [-0.3, -0.25) is 14.4 Å². The van der Waals surface area contributed by atoms with Gasteiger partial charge >= 0.3 is 0 Å². The third-order valence-electron chi connectivity index (χ3n) is 7.97. The second kappa shape index (κ2) is 12.4. The molecule has 1 N–H and O–H groups in total.